The average Bonchev–Trinajstić information content (AvgIpc) is 3.39. The minimum absolute atomic E-state index is 0.0787. The highest BCUT2D eigenvalue weighted by Crippen LogP contribution is 2.32. The summed E-state index contributed by atoms with van der Waals surface area (Å²) in [5, 5.41) is 2.99. The first-order valence-electron chi connectivity index (χ1n) is 12.3. The number of hydrogen-bond donors (Lipinski definition) is 1. The second-order valence-electron chi connectivity index (χ2n) is 9.14. The van der Waals surface area contributed by atoms with Crippen molar-refractivity contribution in [2.45, 2.75) is 38.6 Å². The molecule has 1 N–H and O–H groups in total. The highest BCUT2D eigenvalue weighted by atomic mass is 16.7. The van der Waals surface area contributed by atoms with Crippen LogP contribution in [0.15, 0.2) is 66.7 Å². The number of likely N-dealkylation sites (tertiary alicyclic amines) is 1. The molecule has 3 aromatic rings. The molecule has 2 aliphatic heterocycles. The molecule has 0 saturated carbocycles. The lowest BCUT2D eigenvalue weighted by Gasteiger charge is -2.33. The van der Waals surface area contributed by atoms with Gasteiger partial charge in [-0.25, -0.2) is 0 Å². The number of fused-ring (bicyclic) bond motifs is 1. The molecule has 0 aromatic heterocycles. The van der Waals surface area contributed by atoms with Gasteiger partial charge in [0.1, 0.15) is 0 Å². The molecule has 1 saturated heterocycles. The molecule has 2 aliphatic rings. The van der Waals surface area contributed by atoms with Crippen molar-refractivity contribution in [2.75, 3.05) is 19.9 Å². The zero-order valence-electron chi connectivity index (χ0n) is 20.0. The van der Waals surface area contributed by atoms with Crippen molar-refractivity contribution < 1.29 is 19.1 Å². The molecular formula is C29H30N2O4. The first kappa shape index (κ1) is 23.0. The van der Waals surface area contributed by atoms with Gasteiger partial charge in [-0.15, -0.1) is 0 Å². The van der Waals surface area contributed by atoms with Crippen LogP contribution in [0.2, 0.25) is 0 Å². The number of carbonyl (C=O) groups is 2. The number of aryl methyl sites for hydroxylation is 1. The van der Waals surface area contributed by atoms with Crippen LogP contribution in [0, 0.1) is 0 Å². The van der Waals surface area contributed by atoms with E-state index in [0.717, 1.165) is 48.2 Å². The minimum Gasteiger partial charge on any atom is -0.454 e. The van der Waals surface area contributed by atoms with E-state index >= 15 is 0 Å². The van der Waals surface area contributed by atoms with E-state index < -0.39 is 0 Å². The van der Waals surface area contributed by atoms with Crippen LogP contribution in [0.5, 0.6) is 11.5 Å². The van der Waals surface area contributed by atoms with Gasteiger partial charge in [0.2, 0.25) is 6.79 Å². The van der Waals surface area contributed by atoms with Gasteiger partial charge in [0.05, 0.1) is 0 Å². The lowest BCUT2D eigenvalue weighted by atomic mass is 9.89. The molecular weight excluding hydrogens is 440 g/mol. The van der Waals surface area contributed by atoms with Crippen molar-refractivity contribution in [3.63, 3.8) is 0 Å². The largest absolute Gasteiger partial charge is 0.454 e. The van der Waals surface area contributed by atoms with Crippen molar-refractivity contribution in [1.82, 2.24) is 10.2 Å². The second-order valence-corrected chi connectivity index (χ2v) is 9.14. The Kier molecular flexibility index (Phi) is 6.70. The Balaban J connectivity index is 1.22. The Morgan fingerprint density at radius 2 is 1.74 bits per heavy atom. The summed E-state index contributed by atoms with van der Waals surface area (Å²) >= 11 is 0. The maximum atomic E-state index is 13.1. The molecule has 2 heterocycles. The number of nitrogens with one attached hydrogen (secondary N) is 1. The van der Waals surface area contributed by atoms with Gasteiger partial charge in [-0.3, -0.25) is 9.59 Å². The maximum Gasteiger partial charge on any atom is 0.253 e. The van der Waals surface area contributed by atoms with Crippen molar-refractivity contribution >= 4 is 11.8 Å². The Morgan fingerprint density at radius 3 is 2.57 bits per heavy atom. The molecule has 180 valence electrons. The number of ether oxygens (including phenoxy) is 2. The van der Waals surface area contributed by atoms with E-state index in [1.165, 1.54) is 5.56 Å². The fourth-order valence-corrected chi connectivity index (χ4v) is 4.77. The SMILES string of the molecule is CCc1ccc(C(=O)N2CCCC(c3cccc(C(=O)NCc4ccc5c(c4)OCO5)c3)C2)cc1. The molecule has 0 spiro atoms. The number of nitrogens with zero attached hydrogens (tertiary/aromatic N) is 1. The fourth-order valence-electron chi connectivity index (χ4n) is 4.77. The molecule has 1 atom stereocenters. The number of piperidine rings is 1. The Bertz CT molecular complexity index is 1220. The molecule has 1 unspecified atom stereocenters. The zero-order chi connectivity index (χ0) is 24.2. The first-order valence-corrected chi connectivity index (χ1v) is 12.3. The summed E-state index contributed by atoms with van der Waals surface area (Å²) in [6, 6.07) is 21.4. The van der Waals surface area contributed by atoms with E-state index in [0.29, 0.717) is 24.4 Å². The van der Waals surface area contributed by atoms with E-state index in [4.69, 9.17) is 9.47 Å². The van der Waals surface area contributed by atoms with Crippen LogP contribution in [0.25, 0.3) is 0 Å². The summed E-state index contributed by atoms with van der Waals surface area (Å²) in [6.07, 6.45) is 2.91. The molecule has 0 radical (unpaired) electrons. The predicted molar refractivity (Wildman–Crippen MR) is 134 cm³/mol. The van der Waals surface area contributed by atoms with E-state index in [1.54, 1.807) is 0 Å². The molecule has 0 aliphatic carbocycles. The summed E-state index contributed by atoms with van der Waals surface area (Å²) < 4.78 is 10.8. The van der Waals surface area contributed by atoms with Gasteiger partial charge in [-0.2, -0.15) is 0 Å². The fraction of sp³-hybridized carbons (Fsp3) is 0.310. The Hall–Kier alpha value is -3.80. The molecule has 3 aromatic carbocycles. The van der Waals surface area contributed by atoms with Crippen LogP contribution in [-0.2, 0) is 13.0 Å². The average molecular weight is 471 g/mol. The van der Waals surface area contributed by atoms with Gasteiger partial charge >= 0.3 is 0 Å². The Morgan fingerprint density at radius 1 is 0.943 bits per heavy atom. The van der Waals surface area contributed by atoms with Crippen LogP contribution in [-0.4, -0.2) is 36.6 Å². The second kappa shape index (κ2) is 10.2. The molecule has 6 heteroatoms. The lowest BCUT2D eigenvalue weighted by molar-refractivity contribution is 0.0706. The van der Waals surface area contributed by atoms with Gasteiger partial charge < -0.3 is 19.7 Å². The summed E-state index contributed by atoms with van der Waals surface area (Å²) in [5.41, 5.74) is 4.64. The highest BCUT2D eigenvalue weighted by Gasteiger charge is 2.26. The maximum absolute atomic E-state index is 13.1. The van der Waals surface area contributed by atoms with Crippen molar-refractivity contribution in [3.05, 3.63) is 94.5 Å². The third-order valence-corrected chi connectivity index (χ3v) is 6.83. The van der Waals surface area contributed by atoms with Crippen LogP contribution in [0.1, 0.15) is 63.1 Å². The normalized spacial score (nSPS) is 16.7. The van der Waals surface area contributed by atoms with Crippen LogP contribution < -0.4 is 14.8 Å². The Labute approximate surface area is 205 Å². The molecule has 35 heavy (non-hydrogen) atoms. The quantitative estimate of drug-likeness (QED) is 0.555. The number of hydrogen-bond acceptors (Lipinski definition) is 4. The summed E-state index contributed by atoms with van der Waals surface area (Å²) in [4.78, 5) is 27.9. The number of benzene rings is 3. The number of rotatable bonds is 6. The highest BCUT2D eigenvalue weighted by molar-refractivity contribution is 5.95. The van der Waals surface area contributed by atoms with Crippen molar-refractivity contribution in [1.29, 1.82) is 0 Å². The van der Waals surface area contributed by atoms with Crippen molar-refractivity contribution in [2.24, 2.45) is 0 Å². The van der Waals surface area contributed by atoms with Gasteiger partial charge in [0.25, 0.3) is 11.8 Å². The predicted octanol–water partition coefficient (Wildman–Crippen LogP) is 4.93. The van der Waals surface area contributed by atoms with Crippen LogP contribution >= 0.6 is 0 Å². The summed E-state index contributed by atoms with van der Waals surface area (Å²) in [6.45, 7) is 4.17. The monoisotopic (exact) mass is 470 g/mol. The van der Waals surface area contributed by atoms with Gasteiger partial charge in [0, 0.05) is 36.7 Å². The van der Waals surface area contributed by atoms with E-state index in [9.17, 15) is 9.59 Å². The summed E-state index contributed by atoms with van der Waals surface area (Å²) in [5.74, 6) is 1.60. The van der Waals surface area contributed by atoms with Gasteiger partial charge in [0.15, 0.2) is 11.5 Å². The van der Waals surface area contributed by atoms with Gasteiger partial charge in [-0.05, 0) is 72.4 Å². The standard InChI is InChI=1S/C29H30N2O4/c1-2-20-8-11-22(12-9-20)29(33)31-14-4-7-25(18-31)23-5-3-6-24(16-23)28(32)30-17-21-10-13-26-27(15-21)35-19-34-26/h3,5-6,8-13,15-16,25H,2,4,7,14,17-19H2,1H3,(H,30,32). The zero-order valence-corrected chi connectivity index (χ0v) is 20.0. The third-order valence-electron chi connectivity index (χ3n) is 6.83. The van der Waals surface area contributed by atoms with E-state index in [-0.39, 0.29) is 24.5 Å². The first-order chi connectivity index (χ1) is 17.1. The smallest absolute Gasteiger partial charge is 0.253 e. The molecule has 1 fully saturated rings. The van der Waals surface area contributed by atoms with E-state index in [2.05, 4.69) is 18.3 Å². The van der Waals surface area contributed by atoms with Gasteiger partial charge in [-0.1, -0.05) is 37.3 Å². The van der Waals surface area contributed by atoms with Crippen molar-refractivity contribution in [3.8, 4) is 11.5 Å². The van der Waals surface area contributed by atoms with E-state index in [1.807, 2.05) is 65.6 Å². The molecule has 6 nitrogen and oxygen atoms in total. The molecule has 2 amide bonds. The third kappa shape index (κ3) is 5.16. The molecule has 0 bridgehead atoms. The summed E-state index contributed by atoms with van der Waals surface area (Å²) in [7, 11) is 0. The number of carbonyl (C=O) groups excluding carboxylic acids is 2. The minimum atomic E-state index is -0.121. The topological polar surface area (TPSA) is 67.9 Å². The number of amides is 2. The lowest BCUT2D eigenvalue weighted by Crippen LogP contribution is -2.39. The molecule has 5 rings (SSSR count). The van der Waals surface area contributed by atoms with Crippen LogP contribution in [0.4, 0.5) is 0 Å². The van der Waals surface area contributed by atoms with Crippen LogP contribution in [0.3, 0.4) is 0 Å².